The van der Waals surface area contributed by atoms with Crippen molar-refractivity contribution in [2.45, 2.75) is 6.92 Å². The van der Waals surface area contributed by atoms with Gasteiger partial charge in [-0.15, -0.1) is 0 Å². The van der Waals surface area contributed by atoms with Crippen LogP contribution in [0.3, 0.4) is 0 Å². The third-order valence-electron chi connectivity index (χ3n) is 3.22. The van der Waals surface area contributed by atoms with E-state index in [1.807, 2.05) is 31.2 Å². The topological polar surface area (TPSA) is 50.4 Å². The fourth-order valence-corrected chi connectivity index (χ4v) is 2.42. The van der Waals surface area contributed by atoms with Crippen LogP contribution in [0.4, 0.5) is 0 Å². The number of hydrogen-bond acceptors (Lipinski definition) is 2. The minimum absolute atomic E-state index is 0.172. The number of fused-ring (bicyclic) bond motifs is 1. The highest BCUT2D eigenvalue weighted by atomic mass is 35.5. The molecule has 1 aromatic heterocycles. The molecule has 0 saturated carbocycles. The van der Waals surface area contributed by atoms with Crippen LogP contribution in [0.15, 0.2) is 46.9 Å². The van der Waals surface area contributed by atoms with Crippen LogP contribution in [0.2, 0.25) is 5.02 Å². The summed E-state index contributed by atoms with van der Waals surface area (Å²) in [5.41, 5.74) is 2.43. The van der Waals surface area contributed by atoms with Gasteiger partial charge in [0.15, 0.2) is 0 Å². The predicted octanol–water partition coefficient (Wildman–Crippen LogP) is 4.76. The number of para-hydroxylation sites is 1. The van der Waals surface area contributed by atoms with Gasteiger partial charge in [0.1, 0.15) is 11.3 Å². The van der Waals surface area contributed by atoms with E-state index in [0.29, 0.717) is 16.3 Å². The van der Waals surface area contributed by atoms with Gasteiger partial charge in [0, 0.05) is 16.0 Å². The van der Waals surface area contributed by atoms with Crippen LogP contribution in [0, 0.1) is 6.92 Å². The van der Waals surface area contributed by atoms with Crippen molar-refractivity contribution in [3.05, 3.63) is 58.6 Å². The Morgan fingerprint density at radius 3 is 2.70 bits per heavy atom. The molecule has 0 saturated heterocycles. The number of carbonyl (C=O) groups is 1. The second kappa shape index (κ2) is 4.69. The molecular weight excluding hydrogens is 276 g/mol. The van der Waals surface area contributed by atoms with Gasteiger partial charge in [0.05, 0.1) is 5.56 Å². The maximum atomic E-state index is 11.3. The van der Waals surface area contributed by atoms with Crippen LogP contribution in [0.25, 0.3) is 22.3 Å². The highest BCUT2D eigenvalue weighted by molar-refractivity contribution is 6.31. The summed E-state index contributed by atoms with van der Waals surface area (Å²) in [6.07, 6.45) is 0. The Labute approximate surface area is 120 Å². The average molecular weight is 287 g/mol. The van der Waals surface area contributed by atoms with Crippen LogP contribution >= 0.6 is 11.6 Å². The van der Waals surface area contributed by atoms with Crippen LogP contribution < -0.4 is 0 Å². The van der Waals surface area contributed by atoms with E-state index in [9.17, 15) is 9.90 Å². The zero-order chi connectivity index (χ0) is 14.3. The van der Waals surface area contributed by atoms with Crippen molar-refractivity contribution in [2.75, 3.05) is 0 Å². The highest BCUT2D eigenvalue weighted by Gasteiger charge is 2.16. The average Bonchev–Trinajstić information content (AvgIpc) is 2.83. The quantitative estimate of drug-likeness (QED) is 0.739. The van der Waals surface area contributed by atoms with E-state index in [1.165, 1.54) is 6.07 Å². The lowest BCUT2D eigenvalue weighted by atomic mass is 10.1. The number of halogens is 1. The Kier molecular flexibility index (Phi) is 2.99. The van der Waals surface area contributed by atoms with Gasteiger partial charge >= 0.3 is 5.97 Å². The van der Waals surface area contributed by atoms with E-state index in [2.05, 4.69) is 0 Å². The van der Waals surface area contributed by atoms with Crippen molar-refractivity contribution in [1.29, 1.82) is 0 Å². The molecule has 0 aliphatic heterocycles. The first-order valence-electron chi connectivity index (χ1n) is 6.08. The van der Waals surface area contributed by atoms with Gasteiger partial charge < -0.3 is 9.52 Å². The summed E-state index contributed by atoms with van der Waals surface area (Å²) < 4.78 is 5.81. The summed E-state index contributed by atoms with van der Waals surface area (Å²) in [7, 11) is 0. The zero-order valence-corrected chi connectivity index (χ0v) is 11.4. The lowest BCUT2D eigenvalue weighted by Crippen LogP contribution is -1.98. The van der Waals surface area contributed by atoms with Gasteiger partial charge in [-0.3, -0.25) is 0 Å². The van der Waals surface area contributed by atoms with Gasteiger partial charge in [-0.25, -0.2) is 4.79 Å². The molecule has 20 heavy (non-hydrogen) atoms. The number of aryl methyl sites for hydroxylation is 1. The minimum atomic E-state index is -1.01. The van der Waals surface area contributed by atoms with E-state index < -0.39 is 5.97 Å². The molecule has 100 valence electrons. The third kappa shape index (κ3) is 2.06. The molecule has 0 unspecified atom stereocenters. The van der Waals surface area contributed by atoms with E-state index >= 15 is 0 Å². The van der Waals surface area contributed by atoms with Gasteiger partial charge in [-0.2, -0.15) is 0 Å². The smallest absolute Gasteiger partial charge is 0.336 e. The summed E-state index contributed by atoms with van der Waals surface area (Å²) in [5.74, 6) is -0.497. The monoisotopic (exact) mass is 286 g/mol. The number of aromatic carboxylic acids is 1. The lowest BCUT2D eigenvalue weighted by molar-refractivity contribution is 0.0697. The van der Waals surface area contributed by atoms with E-state index in [-0.39, 0.29) is 5.56 Å². The fourth-order valence-electron chi connectivity index (χ4n) is 2.25. The minimum Gasteiger partial charge on any atom is -0.478 e. The largest absolute Gasteiger partial charge is 0.478 e. The van der Waals surface area contributed by atoms with Crippen molar-refractivity contribution in [2.24, 2.45) is 0 Å². The standard InChI is InChI=1S/C16H11ClO3/c1-9-3-2-4-10-7-14(20-15(9)10)13-8-11(17)5-6-12(13)16(18)19/h2-8H,1H3,(H,18,19). The molecule has 1 N–H and O–H groups in total. The number of carboxylic acid groups (broad SMARTS) is 1. The summed E-state index contributed by atoms with van der Waals surface area (Å²) in [5, 5.41) is 10.7. The molecule has 3 aromatic rings. The molecule has 3 nitrogen and oxygen atoms in total. The molecule has 0 amide bonds. The second-order valence-electron chi connectivity index (χ2n) is 4.60. The number of furan rings is 1. The first kappa shape index (κ1) is 12.8. The van der Waals surface area contributed by atoms with Crippen molar-refractivity contribution in [1.82, 2.24) is 0 Å². The maximum Gasteiger partial charge on any atom is 0.336 e. The molecule has 1 heterocycles. The molecule has 0 radical (unpaired) electrons. The Balaban J connectivity index is 2.27. The molecule has 2 aromatic carbocycles. The third-order valence-corrected chi connectivity index (χ3v) is 3.45. The van der Waals surface area contributed by atoms with E-state index in [0.717, 1.165) is 16.5 Å². The van der Waals surface area contributed by atoms with Crippen LogP contribution in [-0.4, -0.2) is 11.1 Å². The first-order valence-corrected chi connectivity index (χ1v) is 6.46. The number of carboxylic acids is 1. The summed E-state index contributed by atoms with van der Waals surface area (Å²) in [4.78, 5) is 11.3. The number of hydrogen-bond donors (Lipinski definition) is 1. The zero-order valence-electron chi connectivity index (χ0n) is 10.7. The molecule has 0 aliphatic carbocycles. The molecule has 0 bridgehead atoms. The molecule has 0 aliphatic rings. The Morgan fingerprint density at radius 2 is 2.00 bits per heavy atom. The summed E-state index contributed by atoms with van der Waals surface area (Å²) in [6, 6.07) is 12.3. The molecular formula is C16H11ClO3. The van der Waals surface area contributed by atoms with Gasteiger partial charge in [-0.05, 0) is 36.8 Å². The molecule has 3 rings (SSSR count). The highest BCUT2D eigenvalue weighted by Crippen LogP contribution is 2.33. The molecule has 4 heteroatoms. The van der Waals surface area contributed by atoms with Crippen LogP contribution in [-0.2, 0) is 0 Å². The van der Waals surface area contributed by atoms with Gasteiger partial charge in [0.2, 0.25) is 0 Å². The number of benzene rings is 2. The Hall–Kier alpha value is -2.26. The maximum absolute atomic E-state index is 11.3. The van der Waals surface area contributed by atoms with E-state index in [4.69, 9.17) is 16.0 Å². The SMILES string of the molecule is Cc1cccc2cc(-c3cc(Cl)ccc3C(=O)O)oc12. The van der Waals surface area contributed by atoms with Crippen molar-refractivity contribution < 1.29 is 14.3 Å². The summed E-state index contributed by atoms with van der Waals surface area (Å²) in [6.45, 7) is 1.95. The normalized spacial score (nSPS) is 10.9. The van der Waals surface area contributed by atoms with Crippen LogP contribution in [0.5, 0.6) is 0 Å². The lowest BCUT2D eigenvalue weighted by Gasteiger charge is -2.03. The fraction of sp³-hybridized carbons (Fsp3) is 0.0625. The van der Waals surface area contributed by atoms with E-state index in [1.54, 1.807) is 12.1 Å². The molecule has 0 spiro atoms. The van der Waals surface area contributed by atoms with Crippen molar-refractivity contribution in [3.63, 3.8) is 0 Å². The molecule has 0 atom stereocenters. The second-order valence-corrected chi connectivity index (χ2v) is 5.04. The van der Waals surface area contributed by atoms with Gasteiger partial charge in [-0.1, -0.05) is 29.8 Å². The van der Waals surface area contributed by atoms with Crippen molar-refractivity contribution >= 4 is 28.5 Å². The number of rotatable bonds is 2. The van der Waals surface area contributed by atoms with Crippen molar-refractivity contribution in [3.8, 4) is 11.3 Å². The summed E-state index contributed by atoms with van der Waals surface area (Å²) >= 11 is 5.97. The first-order chi connectivity index (χ1) is 9.56. The molecule has 0 fully saturated rings. The predicted molar refractivity (Wildman–Crippen MR) is 78.4 cm³/mol. The van der Waals surface area contributed by atoms with Crippen LogP contribution in [0.1, 0.15) is 15.9 Å². The Morgan fingerprint density at radius 1 is 1.20 bits per heavy atom. The Bertz CT molecular complexity index is 818. The van der Waals surface area contributed by atoms with Gasteiger partial charge in [0.25, 0.3) is 0 Å².